The molecule has 0 spiro atoms. The smallest absolute Gasteiger partial charge is 0.135 e. The molecule has 0 saturated carbocycles. The number of ether oxygens (including phenoxy) is 1. The van der Waals surface area contributed by atoms with Crippen molar-refractivity contribution in [2.75, 3.05) is 0 Å². The lowest BCUT2D eigenvalue weighted by Gasteiger charge is -2.26. The normalized spacial score (nSPS) is 16.4. The van der Waals surface area contributed by atoms with Gasteiger partial charge in [0.1, 0.15) is 17.6 Å². The quantitative estimate of drug-likeness (QED) is 0.649. The molecule has 0 radical (unpaired) electrons. The first-order valence-corrected chi connectivity index (χ1v) is 6.79. The second kappa shape index (κ2) is 4.23. The maximum atomic E-state index is 10.7. The summed E-state index contributed by atoms with van der Waals surface area (Å²) >= 11 is 5.98. The molecule has 1 aliphatic heterocycles. The fraction of sp³-hybridized carbons (Fsp3) is 0.0588. The van der Waals surface area contributed by atoms with Gasteiger partial charge in [0, 0.05) is 16.1 Å². The Morgan fingerprint density at radius 3 is 2.70 bits per heavy atom. The van der Waals surface area contributed by atoms with Crippen LogP contribution in [-0.4, -0.2) is 5.11 Å². The van der Waals surface area contributed by atoms with Crippen LogP contribution in [0.1, 0.15) is 17.2 Å². The maximum Gasteiger partial charge on any atom is 0.135 e. The van der Waals surface area contributed by atoms with Gasteiger partial charge in [-0.3, -0.25) is 0 Å². The molecule has 0 amide bonds. The summed E-state index contributed by atoms with van der Waals surface area (Å²) in [5.74, 6) is 1.30. The molecule has 0 fully saturated rings. The van der Waals surface area contributed by atoms with Gasteiger partial charge in [-0.25, -0.2) is 0 Å². The Morgan fingerprint density at radius 1 is 0.950 bits per heavy atom. The topological polar surface area (TPSA) is 29.5 Å². The van der Waals surface area contributed by atoms with Crippen molar-refractivity contribution in [2.24, 2.45) is 0 Å². The summed E-state index contributed by atoms with van der Waals surface area (Å²) in [6, 6.07) is 17.2. The zero-order valence-corrected chi connectivity index (χ0v) is 11.3. The highest BCUT2D eigenvalue weighted by Crippen LogP contribution is 2.46. The molecule has 1 atom stereocenters. The SMILES string of the molecule is OC1c2ccc(Cl)cc2Oc2ccc3ccccc3c21. The molecule has 3 aromatic rings. The third-order valence-electron chi connectivity index (χ3n) is 3.69. The number of fused-ring (bicyclic) bond motifs is 4. The van der Waals surface area contributed by atoms with Crippen molar-refractivity contribution in [3.8, 4) is 11.5 Å². The Hall–Kier alpha value is -2.03. The first kappa shape index (κ1) is 11.8. The minimum absolute atomic E-state index is 0.597. The third kappa shape index (κ3) is 1.62. The van der Waals surface area contributed by atoms with Gasteiger partial charge in [0.15, 0.2) is 0 Å². The van der Waals surface area contributed by atoms with E-state index in [1.54, 1.807) is 12.1 Å². The number of aliphatic hydroxyl groups is 1. The summed E-state index contributed by atoms with van der Waals surface area (Å²) in [6.07, 6.45) is -0.697. The summed E-state index contributed by atoms with van der Waals surface area (Å²) in [5.41, 5.74) is 1.57. The second-order valence-corrected chi connectivity index (χ2v) is 5.32. The fourth-order valence-corrected chi connectivity index (χ4v) is 2.91. The van der Waals surface area contributed by atoms with Crippen molar-refractivity contribution in [3.05, 3.63) is 70.7 Å². The predicted octanol–water partition coefficient (Wildman–Crippen LogP) is 4.68. The molecule has 4 rings (SSSR count). The molecule has 3 aromatic carbocycles. The lowest BCUT2D eigenvalue weighted by atomic mass is 9.92. The summed E-state index contributed by atoms with van der Waals surface area (Å²) in [6.45, 7) is 0. The highest BCUT2D eigenvalue weighted by atomic mass is 35.5. The molecule has 20 heavy (non-hydrogen) atoms. The fourth-order valence-electron chi connectivity index (χ4n) is 2.74. The molecule has 1 aliphatic rings. The van der Waals surface area contributed by atoms with Gasteiger partial charge in [-0.05, 0) is 29.0 Å². The van der Waals surface area contributed by atoms with Gasteiger partial charge in [-0.1, -0.05) is 48.0 Å². The van der Waals surface area contributed by atoms with Crippen LogP contribution < -0.4 is 4.74 Å². The zero-order chi connectivity index (χ0) is 13.7. The zero-order valence-electron chi connectivity index (χ0n) is 10.5. The van der Waals surface area contributed by atoms with Crippen LogP contribution >= 0.6 is 11.6 Å². The van der Waals surface area contributed by atoms with Crippen LogP contribution in [0.25, 0.3) is 10.8 Å². The molecule has 3 heteroatoms. The van der Waals surface area contributed by atoms with E-state index in [1.165, 1.54) is 0 Å². The molecule has 1 unspecified atom stereocenters. The highest BCUT2D eigenvalue weighted by Gasteiger charge is 2.27. The average Bonchev–Trinajstić information content (AvgIpc) is 2.46. The largest absolute Gasteiger partial charge is 0.456 e. The van der Waals surface area contributed by atoms with Crippen molar-refractivity contribution >= 4 is 22.4 Å². The van der Waals surface area contributed by atoms with Gasteiger partial charge in [0.05, 0.1) is 0 Å². The van der Waals surface area contributed by atoms with Gasteiger partial charge in [-0.2, -0.15) is 0 Å². The number of hydrogen-bond acceptors (Lipinski definition) is 2. The van der Waals surface area contributed by atoms with Crippen LogP contribution in [0.3, 0.4) is 0 Å². The van der Waals surface area contributed by atoms with Crippen molar-refractivity contribution in [3.63, 3.8) is 0 Å². The van der Waals surface area contributed by atoms with Crippen molar-refractivity contribution in [1.82, 2.24) is 0 Å². The predicted molar refractivity (Wildman–Crippen MR) is 79.5 cm³/mol. The monoisotopic (exact) mass is 282 g/mol. The summed E-state index contributed by atoms with van der Waals surface area (Å²) < 4.78 is 5.89. The number of aliphatic hydroxyl groups excluding tert-OH is 1. The van der Waals surface area contributed by atoms with E-state index < -0.39 is 6.10 Å². The number of hydrogen-bond donors (Lipinski definition) is 1. The van der Waals surface area contributed by atoms with E-state index >= 15 is 0 Å². The second-order valence-electron chi connectivity index (χ2n) is 4.89. The van der Waals surface area contributed by atoms with E-state index in [-0.39, 0.29) is 0 Å². The molecule has 1 N–H and O–H groups in total. The van der Waals surface area contributed by atoms with E-state index in [0.29, 0.717) is 16.5 Å². The van der Waals surface area contributed by atoms with E-state index in [4.69, 9.17) is 16.3 Å². The first-order valence-electron chi connectivity index (χ1n) is 6.41. The Balaban J connectivity index is 2.01. The molecule has 2 nitrogen and oxygen atoms in total. The molecule has 0 aliphatic carbocycles. The van der Waals surface area contributed by atoms with E-state index in [1.807, 2.05) is 42.5 Å². The van der Waals surface area contributed by atoms with Crippen molar-refractivity contribution < 1.29 is 9.84 Å². The number of halogens is 1. The van der Waals surface area contributed by atoms with Crippen LogP contribution in [-0.2, 0) is 0 Å². The molecular formula is C17H11ClO2. The van der Waals surface area contributed by atoms with Crippen molar-refractivity contribution in [1.29, 1.82) is 0 Å². The lowest BCUT2D eigenvalue weighted by molar-refractivity contribution is 0.205. The molecule has 1 heterocycles. The van der Waals surface area contributed by atoms with Gasteiger partial charge < -0.3 is 9.84 Å². The first-order chi connectivity index (χ1) is 9.74. The van der Waals surface area contributed by atoms with Crippen molar-refractivity contribution in [2.45, 2.75) is 6.10 Å². The van der Waals surface area contributed by atoms with Crippen LogP contribution in [0.4, 0.5) is 0 Å². The van der Waals surface area contributed by atoms with Crippen LogP contribution in [0, 0.1) is 0 Å². The van der Waals surface area contributed by atoms with Gasteiger partial charge in [0.2, 0.25) is 0 Å². The van der Waals surface area contributed by atoms with E-state index in [9.17, 15) is 5.11 Å². The van der Waals surface area contributed by atoms with E-state index in [0.717, 1.165) is 21.9 Å². The molecule has 0 saturated heterocycles. The summed E-state index contributed by atoms with van der Waals surface area (Å²) in [4.78, 5) is 0. The Bertz CT molecular complexity index is 826. The maximum absolute atomic E-state index is 10.7. The van der Waals surface area contributed by atoms with Gasteiger partial charge in [-0.15, -0.1) is 0 Å². The number of rotatable bonds is 0. The van der Waals surface area contributed by atoms with Crippen LogP contribution in [0.15, 0.2) is 54.6 Å². The molecule has 0 bridgehead atoms. The van der Waals surface area contributed by atoms with Crippen LogP contribution in [0.5, 0.6) is 11.5 Å². The lowest BCUT2D eigenvalue weighted by Crippen LogP contribution is -2.10. The Labute approximate surface area is 121 Å². The van der Waals surface area contributed by atoms with Gasteiger partial charge in [0.25, 0.3) is 0 Å². The highest BCUT2D eigenvalue weighted by molar-refractivity contribution is 6.30. The Morgan fingerprint density at radius 2 is 1.80 bits per heavy atom. The van der Waals surface area contributed by atoms with E-state index in [2.05, 4.69) is 0 Å². The van der Waals surface area contributed by atoms with Crippen LogP contribution in [0.2, 0.25) is 5.02 Å². The molecule has 0 aromatic heterocycles. The summed E-state index contributed by atoms with van der Waals surface area (Å²) in [7, 11) is 0. The average molecular weight is 283 g/mol. The summed E-state index contributed by atoms with van der Waals surface area (Å²) in [5, 5.41) is 13.4. The van der Waals surface area contributed by atoms with Gasteiger partial charge >= 0.3 is 0 Å². The number of benzene rings is 3. The molecular weight excluding hydrogens is 272 g/mol. The third-order valence-corrected chi connectivity index (χ3v) is 3.93. The minimum Gasteiger partial charge on any atom is -0.456 e. The molecule has 98 valence electrons. The Kier molecular flexibility index (Phi) is 2.49. The minimum atomic E-state index is -0.697. The standard InChI is InChI=1S/C17H11ClO2/c18-11-6-7-13-15(9-11)20-14-8-5-10-3-1-2-4-12(10)16(14)17(13)19/h1-9,17,19H.